The van der Waals surface area contributed by atoms with Gasteiger partial charge in [-0.1, -0.05) is 42.5 Å². The van der Waals surface area contributed by atoms with Crippen LogP contribution in [0.25, 0.3) is 0 Å². The van der Waals surface area contributed by atoms with Gasteiger partial charge in [0, 0.05) is 51.2 Å². The molecule has 0 aliphatic rings. The Hall–Kier alpha value is -1.59. The van der Waals surface area contributed by atoms with Crippen molar-refractivity contribution in [1.29, 1.82) is 0 Å². The van der Waals surface area contributed by atoms with Crippen LogP contribution < -0.4 is 0 Å². The third-order valence-corrected chi connectivity index (χ3v) is 6.33. The first-order valence-corrected chi connectivity index (χ1v) is 12.8. The predicted octanol–water partition coefficient (Wildman–Crippen LogP) is 4.89. The summed E-state index contributed by atoms with van der Waals surface area (Å²) >= 11 is 13.3. The second kappa shape index (κ2) is 16.1. The van der Waals surface area contributed by atoms with Gasteiger partial charge >= 0.3 is 17.1 Å². The fraction of sp³-hybridized carbons (Fsp3) is 0.333. The second-order valence-corrected chi connectivity index (χ2v) is 8.86. The van der Waals surface area contributed by atoms with Crippen molar-refractivity contribution in [2.75, 3.05) is 26.2 Å². The first-order chi connectivity index (χ1) is 15.9. The minimum absolute atomic E-state index is 0. The fourth-order valence-corrected chi connectivity index (χ4v) is 3.95. The average Bonchev–Trinajstić information content (AvgIpc) is 2.84. The maximum atomic E-state index is 5.50. The van der Waals surface area contributed by atoms with Crippen LogP contribution in [0, 0.1) is 3.57 Å². The van der Waals surface area contributed by atoms with Crippen molar-refractivity contribution < 1.29 is 17.1 Å². The maximum absolute atomic E-state index is 5.50. The second-order valence-electron chi connectivity index (χ2n) is 6.88. The van der Waals surface area contributed by atoms with Crippen LogP contribution in [0.15, 0.2) is 75.0 Å². The van der Waals surface area contributed by atoms with Crippen molar-refractivity contribution in [2.24, 2.45) is 20.4 Å². The fourth-order valence-electron chi connectivity index (χ4n) is 2.99. The van der Waals surface area contributed by atoms with E-state index in [4.69, 9.17) is 25.3 Å². The summed E-state index contributed by atoms with van der Waals surface area (Å²) in [5.74, 6) is 0. The van der Waals surface area contributed by atoms with Crippen LogP contribution in [0.5, 0.6) is 0 Å². The standard InChI is InChI=1S/C24H31IN6S2.Cu/c1-5-30(6-2)23(32)28-26-21(18-12-10-9-11-13-18)22(19-14-16-20(25)17-15-19)27-29-24(33)31(7-3)8-4;/h9-17H,5-8H2,1-4H3,(H,28,32)(H,29,33);/q;+2/p-2/b26-21+,27-22+;. The van der Waals surface area contributed by atoms with Gasteiger partial charge in [-0.3, -0.25) is 0 Å². The van der Waals surface area contributed by atoms with Crippen LogP contribution in [-0.4, -0.2) is 57.7 Å². The van der Waals surface area contributed by atoms with E-state index in [1.165, 1.54) is 0 Å². The molecule has 0 amide bonds. The summed E-state index contributed by atoms with van der Waals surface area (Å²) < 4.78 is 1.12. The average molecular weight is 656 g/mol. The van der Waals surface area contributed by atoms with Gasteiger partial charge in [0.15, 0.2) is 0 Å². The number of hydrogen-bond donors (Lipinski definition) is 0. The van der Waals surface area contributed by atoms with Gasteiger partial charge in [0.25, 0.3) is 0 Å². The van der Waals surface area contributed by atoms with Crippen LogP contribution in [-0.2, 0) is 42.3 Å². The van der Waals surface area contributed by atoms with Crippen LogP contribution in [0.3, 0.4) is 0 Å². The first-order valence-electron chi connectivity index (χ1n) is 10.9. The largest absolute Gasteiger partial charge is 2.00 e. The van der Waals surface area contributed by atoms with E-state index in [1.807, 2.05) is 92.1 Å². The number of benzene rings is 2. The van der Waals surface area contributed by atoms with E-state index in [0.29, 0.717) is 21.8 Å². The smallest absolute Gasteiger partial charge is 0.741 e. The first kappa shape index (κ1) is 30.4. The molecular weight excluding hydrogens is 627 g/mol. The van der Waals surface area contributed by atoms with Crippen LogP contribution in [0.1, 0.15) is 38.8 Å². The molecule has 0 saturated heterocycles. The van der Waals surface area contributed by atoms with Crippen LogP contribution in [0.4, 0.5) is 0 Å². The topological polar surface area (TPSA) is 55.9 Å². The molecule has 0 unspecified atom stereocenters. The van der Waals surface area contributed by atoms with Crippen LogP contribution in [0.2, 0.25) is 0 Å². The number of halogens is 1. The van der Waals surface area contributed by atoms with Crippen molar-refractivity contribution in [3.05, 3.63) is 69.3 Å². The summed E-state index contributed by atoms with van der Waals surface area (Å²) in [6.45, 7) is 11.2. The van der Waals surface area contributed by atoms with E-state index in [2.05, 4.69) is 43.0 Å². The van der Waals surface area contributed by atoms with Gasteiger partial charge in [-0.2, -0.15) is 10.2 Å². The van der Waals surface area contributed by atoms with Gasteiger partial charge in [0.1, 0.15) is 11.4 Å². The molecule has 0 bridgehead atoms. The predicted molar refractivity (Wildman–Crippen MR) is 154 cm³/mol. The number of rotatable bonds is 9. The number of amidine groups is 2. The van der Waals surface area contributed by atoms with Gasteiger partial charge in [-0.05, 0) is 62.4 Å². The van der Waals surface area contributed by atoms with E-state index in [-0.39, 0.29) is 17.1 Å². The molecule has 0 heterocycles. The normalized spacial score (nSPS) is 12.9. The summed E-state index contributed by atoms with van der Waals surface area (Å²) in [7, 11) is 0. The number of nitrogens with zero attached hydrogens (tertiary/aromatic N) is 6. The molecule has 0 spiro atoms. The maximum Gasteiger partial charge on any atom is 2.00 e. The third kappa shape index (κ3) is 8.88. The summed E-state index contributed by atoms with van der Waals surface area (Å²) in [6.07, 6.45) is 0. The SMILES string of the molecule is CCN(CC)/C([S-])=N/N=C(/C(=N/N=C(\[S-])N(CC)CC)c1ccc(I)cc1)c1ccccc1.[Cu+2]. The van der Waals surface area contributed by atoms with E-state index in [1.54, 1.807) is 0 Å². The van der Waals surface area contributed by atoms with Gasteiger partial charge in [-0.15, -0.1) is 10.2 Å². The molecule has 6 nitrogen and oxygen atoms in total. The Labute approximate surface area is 238 Å². The van der Waals surface area contributed by atoms with E-state index >= 15 is 0 Å². The van der Waals surface area contributed by atoms with Gasteiger partial charge in [0.05, 0.1) is 0 Å². The van der Waals surface area contributed by atoms with E-state index in [9.17, 15) is 0 Å². The quantitative estimate of drug-likeness (QED) is 0.0965. The zero-order valence-corrected chi connectivity index (χ0v) is 24.4. The van der Waals surface area contributed by atoms with Crippen molar-refractivity contribution >= 4 is 69.6 Å². The zero-order valence-electron chi connectivity index (χ0n) is 19.7. The Bertz CT molecular complexity index is 1000. The molecule has 0 N–H and O–H groups in total. The molecule has 0 aliphatic heterocycles. The molecule has 10 heteroatoms. The molecule has 2 aromatic carbocycles. The van der Waals surface area contributed by atoms with Crippen molar-refractivity contribution in [2.45, 2.75) is 27.7 Å². The Morgan fingerprint density at radius 1 is 0.647 bits per heavy atom. The molecule has 1 radical (unpaired) electrons. The summed E-state index contributed by atoms with van der Waals surface area (Å²) in [6, 6.07) is 17.9. The molecular formula is C24H29CuIN6S2. The molecule has 0 aromatic heterocycles. The van der Waals surface area contributed by atoms with Crippen molar-refractivity contribution in [3.63, 3.8) is 0 Å². The van der Waals surface area contributed by atoms with E-state index in [0.717, 1.165) is 40.9 Å². The van der Waals surface area contributed by atoms with Crippen molar-refractivity contribution in [1.82, 2.24) is 9.80 Å². The monoisotopic (exact) mass is 655 g/mol. The summed E-state index contributed by atoms with van der Waals surface area (Å²) in [5, 5.41) is 18.8. The Morgan fingerprint density at radius 2 is 1.03 bits per heavy atom. The van der Waals surface area contributed by atoms with Gasteiger partial charge in [0.2, 0.25) is 0 Å². The number of hydrogen-bond acceptors (Lipinski definition) is 6. The van der Waals surface area contributed by atoms with Gasteiger partial charge < -0.3 is 35.1 Å². The Morgan fingerprint density at radius 3 is 1.41 bits per heavy atom. The molecule has 0 fully saturated rings. The molecule has 34 heavy (non-hydrogen) atoms. The minimum Gasteiger partial charge on any atom is -0.741 e. The minimum atomic E-state index is 0. The summed E-state index contributed by atoms with van der Waals surface area (Å²) in [5.41, 5.74) is 2.90. The molecule has 2 aromatic rings. The molecule has 185 valence electrons. The zero-order chi connectivity index (χ0) is 24.2. The molecule has 0 atom stereocenters. The molecule has 2 rings (SSSR count). The Kier molecular flexibility index (Phi) is 14.5. The molecule has 0 aliphatic carbocycles. The van der Waals surface area contributed by atoms with Gasteiger partial charge in [-0.25, -0.2) is 0 Å². The third-order valence-electron chi connectivity index (χ3n) is 4.93. The molecule has 0 saturated carbocycles. The Balaban J connectivity index is 0.00000578. The van der Waals surface area contributed by atoms with Crippen molar-refractivity contribution in [3.8, 4) is 0 Å². The summed E-state index contributed by atoms with van der Waals surface area (Å²) in [4.78, 5) is 3.95. The van der Waals surface area contributed by atoms with E-state index < -0.39 is 0 Å². The van der Waals surface area contributed by atoms with Crippen LogP contribution >= 0.6 is 22.6 Å².